The molecule has 0 aliphatic carbocycles. The quantitative estimate of drug-likeness (QED) is 0.211. The molecule has 4 nitrogen and oxygen atoms in total. The van der Waals surface area contributed by atoms with E-state index in [0.29, 0.717) is 28.4 Å². The molecule has 3 heterocycles. The van der Waals surface area contributed by atoms with Crippen molar-refractivity contribution in [2.45, 2.75) is 63.4 Å². The fourth-order valence-electron chi connectivity index (χ4n) is 6.93. The minimum absolute atomic E-state index is 0.0940. The summed E-state index contributed by atoms with van der Waals surface area (Å²) in [6, 6.07) is 25.0. The summed E-state index contributed by atoms with van der Waals surface area (Å²) >= 11 is 12.7. The van der Waals surface area contributed by atoms with Crippen LogP contribution in [0.15, 0.2) is 72.8 Å². The third kappa shape index (κ3) is 7.10. The van der Waals surface area contributed by atoms with Gasteiger partial charge in [-0.25, -0.2) is 0 Å². The second-order valence-electron chi connectivity index (χ2n) is 12.6. The molecule has 6 rings (SSSR count). The summed E-state index contributed by atoms with van der Waals surface area (Å²) in [5.41, 5.74) is 3.99. The van der Waals surface area contributed by atoms with Crippen molar-refractivity contribution in [3.63, 3.8) is 0 Å². The summed E-state index contributed by atoms with van der Waals surface area (Å²) in [5, 5.41) is 1.13. The average molecular weight is 595 g/mol. The van der Waals surface area contributed by atoms with E-state index in [-0.39, 0.29) is 17.9 Å². The lowest BCUT2D eigenvalue weighted by Gasteiger charge is -2.55. The van der Waals surface area contributed by atoms with Gasteiger partial charge in [-0.1, -0.05) is 71.7 Å². The summed E-state index contributed by atoms with van der Waals surface area (Å²) in [6.45, 7) is 9.46. The number of nitrogens with zero attached hydrogens (tertiary/aromatic N) is 2. The Bertz CT molecular complexity index is 1320. The first kappa shape index (κ1) is 29.9. The lowest BCUT2D eigenvalue weighted by molar-refractivity contribution is -0.943. The maximum absolute atomic E-state index is 13.4. The molecular formula is C35H43Cl2N2O2+. The molecule has 41 heavy (non-hydrogen) atoms. The van der Waals surface area contributed by atoms with E-state index in [2.05, 4.69) is 36.4 Å². The van der Waals surface area contributed by atoms with Crippen LogP contribution in [0.25, 0.3) is 0 Å². The molecule has 0 saturated carbocycles. The molecule has 1 unspecified atom stereocenters. The maximum Gasteiger partial charge on any atom is 0.226 e. The zero-order valence-electron chi connectivity index (χ0n) is 24.6. The smallest absolute Gasteiger partial charge is 0.226 e. The summed E-state index contributed by atoms with van der Waals surface area (Å²) in [6.07, 6.45) is 5.22. The zero-order valence-corrected chi connectivity index (χ0v) is 26.1. The molecule has 3 aliphatic heterocycles. The van der Waals surface area contributed by atoms with Gasteiger partial charge in [-0.15, -0.1) is 0 Å². The van der Waals surface area contributed by atoms with E-state index in [1.54, 1.807) is 0 Å². The number of ether oxygens (including phenoxy) is 1. The molecule has 2 bridgehead atoms. The van der Waals surface area contributed by atoms with Gasteiger partial charge in [0.25, 0.3) is 0 Å². The molecule has 3 saturated heterocycles. The molecule has 218 valence electrons. The molecular weight excluding hydrogens is 551 g/mol. The number of quaternary nitrogens is 1. The Labute approximate surface area is 255 Å². The first-order valence-electron chi connectivity index (χ1n) is 15.0. The van der Waals surface area contributed by atoms with Gasteiger partial charge in [0, 0.05) is 50.6 Å². The van der Waals surface area contributed by atoms with Gasteiger partial charge in [0.1, 0.15) is 5.75 Å². The zero-order chi connectivity index (χ0) is 29.0. The maximum atomic E-state index is 13.4. The fraction of sp³-hybridized carbons (Fsp3) is 0.457. The Morgan fingerprint density at radius 3 is 2.29 bits per heavy atom. The molecule has 1 amide bonds. The number of piperidine rings is 3. The van der Waals surface area contributed by atoms with E-state index in [9.17, 15) is 4.79 Å². The number of hydrogen-bond acceptors (Lipinski definition) is 2. The highest BCUT2D eigenvalue weighted by molar-refractivity contribution is 6.42. The number of likely N-dealkylation sites (N-methyl/N-ethyl adjacent to an activating group) is 1. The fourth-order valence-corrected chi connectivity index (χ4v) is 7.23. The number of benzene rings is 3. The number of hydrogen-bond donors (Lipinski definition) is 0. The van der Waals surface area contributed by atoms with Crippen molar-refractivity contribution in [3.8, 4) is 5.75 Å². The van der Waals surface area contributed by atoms with Crippen molar-refractivity contribution in [2.24, 2.45) is 0 Å². The second-order valence-corrected chi connectivity index (χ2v) is 13.4. The van der Waals surface area contributed by atoms with Crippen LogP contribution in [-0.2, 0) is 16.6 Å². The minimum Gasteiger partial charge on any atom is -0.491 e. The number of fused-ring (bicyclic) bond motifs is 3. The highest BCUT2D eigenvalue weighted by Crippen LogP contribution is 2.46. The van der Waals surface area contributed by atoms with Crippen LogP contribution < -0.4 is 4.74 Å². The third-order valence-electron chi connectivity index (χ3n) is 9.49. The molecule has 0 aromatic heterocycles. The number of carbonyl (C=O) groups excluding carboxylic acids is 1. The van der Waals surface area contributed by atoms with Gasteiger partial charge in [0.05, 0.1) is 48.7 Å². The van der Waals surface area contributed by atoms with Crippen molar-refractivity contribution >= 4 is 29.1 Å². The van der Waals surface area contributed by atoms with Crippen LogP contribution in [0.3, 0.4) is 0 Å². The number of rotatable bonds is 11. The predicted octanol–water partition coefficient (Wildman–Crippen LogP) is 7.91. The standard InChI is InChI=1S/C35H43Cl2N2O2/c1-26(2)41-31-11-7-8-27(22-31)23-34(40)38(3)25-29(28-12-13-32(36)33(37)24-28)14-18-39-19-15-35(16-20-39,17-21-39)30-9-5-4-6-10-30/h4-13,22,24,26,29H,14-21,23,25H2,1-3H3/q+1. The SMILES string of the molecule is CC(C)Oc1cccc(CC(=O)N(C)CC(CC[N+]23CCC(c4ccccc4)(CC2)CC3)c2ccc(Cl)c(Cl)c2)c1. The number of halogens is 2. The van der Waals surface area contributed by atoms with E-state index in [1.807, 2.05) is 62.2 Å². The molecule has 0 N–H and O–H groups in total. The van der Waals surface area contributed by atoms with E-state index < -0.39 is 0 Å². The molecule has 1 atom stereocenters. The summed E-state index contributed by atoms with van der Waals surface area (Å²) in [7, 11) is 1.92. The van der Waals surface area contributed by atoms with Crippen molar-refractivity contribution in [3.05, 3.63) is 99.5 Å². The average Bonchev–Trinajstić information content (AvgIpc) is 2.98. The number of carbonyl (C=O) groups is 1. The summed E-state index contributed by atoms with van der Waals surface area (Å²) in [4.78, 5) is 15.3. The molecule has 3 aromatic carbocycles. The topological polar surface area (TPSA) is 29.5 Å². The van der Waals surface area contributed by atoms with Crippen molar-refractivity contribution in [2.75, 3.05) is 39.8 Å². The lowest BCUT2D eigenvalue weighted by atomic mass is 9.66. The highest BCUT2D eigenvalue weighted by Gasteiger charge is 2.49. The van der Waals surface area contributed by atoms with Crippen LogP contribution in [0.5, 0.6) is 5.75 Å². The van der Waals surface area contributed by atoms with Crippen molar-refractivity contribution in [1.29, 1.82) is 0 Å². The van der Waals surface area contributed by atoms with Gasteiger partial charge in [0.15, 0.2) is 0 Å². The van der Waals surface area contributed by atoms with E-state index in [1.165, 1.54) is 48.9 Å². The lowest BCUT2D eigenvalue weighted by Crippen LogP contribution is -2.63. The van der Waals surface area contributed by atoms with E-state index >= 15 is 0 Å². The normalized spacial score (nSPS) is 22.5. The molecule has 0 spiro atoms. The summed E-state index contributed by atoms with van der Waals surface area (Å²) in [5.74, 6) is 1.09. The molecule has 0 radical (unpaired) electrons. The van der Waals surface area contributed by atoms with Crippen LogP contribution in [0, 0.1) is 0 Å². The van der Waals surface area contributed by atoms with Crippen LogP contribution in [0.2, 0.25) is 10.0 Å². The number of amides is 1. The van der Waals surface area contributed by atoms with Gasteiger partial charge >= 0.3 is 0 Å². The molecule has 3 fully saturated rings. The Morgan fingerprint density at radius 1 is 0.927 bits per heavy atom. The Balaban J connectivity index is 1.26. The molecule has 6 heteroatoms. The highest BCUT2D eigenvalue weighted by atomic mass is 35.5. The Morgan fingerprint density at radius 2 is 1.63 bits per heavy atom. The predicted molar refractivity (Wildman–Crippen MR) is 169 cm³/mol. The van der Waals surface area contributed by atoms with Gasteiger partial charge < -0.3 is 14.1 Å². The first-order chi connectivity index (χ1) is 19.7. The van der Waals surface area contributed by atoms with Gasteiger partial charge in [-0.3, -0.25) is 4.79 Å². The summed E-state index contributed by atoms with van der Waals surface area (Å²) < 4.78 is 7.02. The largest absolute Gasteiger partial charge is 0.491 e. The monoisotopic (exact) mass is 593 g/mol. The second kappa shape index (κ2) is 12.8. The van der Waals surface area contributed by atoms with E-state index in [4.69, 9.17) is 27.9 Å². The third-order valence-corrected chi connectivity index (χ3v) is 10.2. The van der Waals surface area contributed by atoms with Crippen molar-refractivity contribution < 1.29 is 14.0 Å². The van der Waals surface area contributed by atoms with Gasteiger partial charge in [0.2, 0.25) is 5.91 Å². The van der Waals surface area contributed by atoms with E-state index in [0.717, 1.165) is 29.8 Å². The molecule has 3 aliphatic rings. The molecule has 3 aromatic rings. The van der Waals surface area contributed by atoms with Crippen LogP contribution >= 0.6 is 23.2 Å². The van der Waals surface area contributed by atoms with Crippen LogP contribution in [0.4, 0.5) is 0 Å². The Hall–Kier alpha value is -2.53. The van der Waals surface area contributed by atoms with Gasteiger partial charge in [-0.05, 0) is 54.8 Å². The van der Waals surface area contributed by atoms with Crippen LogP contribution in [-0.4, -0.2) is 61.2 Å². The Kier molecular flexibility index (Phi) is 9.33. The van der Waals surface area contributed by atoms with Crippen molar-refractivity contribution in [1.82, 2.24) is 4.90 Å². The first-order valence-corrected chi connectivity index (χ1v) is 15.8. The van der Waals surface area contributed by atoms with Gasteiger partial charge in [-0.2, -0.15) is 0 Å². The minimum atomic E-state index is 0.0940. The van der Waals surface area contributed by atoms with Crippen LogP contribution in [0.1, 0.15) is 62.1 Å².